The Balaban J connectivity index is 3.57. The lowest BCUT2D eigenvalue weighted by atomic mass is 10.0. The molecule has 5 nitrogen and oxygen atoms in total. The number of allylic oxidation sites excluding steroid dienone is 6. The van der Waals surface area contributed by atoms with E-state index in [1.165, 1.54) is 116 Å². The lowest BCUT2D eigenvalue weighted by Crippen LogP contribution is -2.28. The van der Waals surface area contributed by atoms with Gasteiger partial charge in [0.2, 0.25) is 0 Å². The molecule has 0 aromatic rings. The summed E-state index contributed by atoms with van der Waals surface area (Å²) in [6.45, 7) is 4.10. The standard InChI is InChI=1S/C43H78O5/c1-3-5-7-9-11-13-15-17-19-21-23-25-27-29-31-33-35-37-42(45)47-40-41(39-44)48-43(46)38-36-34-32-30-28-26-24-22-20-18-16-14-12-10-8-6-4-2/h11,13,17,19,23,25,41,44H,3-10,12,14-16,18,20-22,24,26-40H2,1-2H3/b13-11-,19-17-,25-23-/t41-/m0/s1. The second-order valence-electron chi connectivity index (χ2n) is 13.7. The van der Waals surface area contributed by atoms with E-state index in [-0.39, 0.29) is 25.2 Å². The van der Waals surface area contributed by atoms with Crippen molar-refractivity contribution in [2.24, 2.45) is 0 Å². The molecule has 0 rings (SSSR count). The van der Waals surface area contributed by atoms with Gasteiger partial charge in [-0.15, -0.1) is 0 Å². The van der Waals surface area contributed by atoms with Gasteiger partial charge in [-0.05, 0) is 51.4 Å². The molecular formula is C43H78O5. The zero-order valence-corrected chi connectivity index (χ0v) is 31.7. The lowest BCUT2D eigenvalue weighted by Gasteiger charge is -2.15. The molecule has 0 saturated heterocycles. The van der Waals surface area contributed by atoms with E-state index in [9.17, 15) is 14.7 Å². The van der Waals surface area contributed by atoms with Crippen molar-refractivity contribution in [1.82, 2.24) is 0 Å². The molecule has 48 heavy (non-hydrogen) atoms. The van der Waals surface area contributed by atoms with Crippen molar-refractivity contribution in [3.63, 3.8) is 0 Å². The first kappa shape index (κ1) is 46.1. The van der Waals surface area contributed by atoms with Crippen LogP contribution >= 0.6 is 0 Å². The highest BCUT2D eigenvalue weighted by Crippen LogP contribution is 2.15. The summed E-state index contributed by atoms with van der Waals surface area (Å²) in [6.07, 6.45) is 47.7. The summed E-state index contributed by atoms with van der Waals surface area (Å²) in [5.41, 5.74) is 0. The fourth-order valence-corrected chi connectivity index (χ4v) is 5.80. The molecule has 1 N–H and O–H groups in total. The van der Waals surface area contributed by atoms with Crippen LogP contribution in [0.4, 0.5) is 0 Å². The van der Waals surface area contributed by atoms with E-state index in [2.05, 4.69) is 50.3 Å². The van der Waals surface area contributed by atoms with Gasteiger partial charge in [-0.1, -0.05) is 179 Å². The summed E-state index contributed by atoms with van der Waals surface area (Å²) >= 11 is 0. The molecule has 0 aliphatic carbocycles. The van der Waals surface area contributed by atoms with Crippen LogP contribution in [-0.2, 0) is 19.1 Å². The second kappa shape index (κ2) is 39.6. The van der Waals surface area contributed by atoms with Gasteiger partial charge in [0.15, 0.2) is 6.10 Å². The zero-order chi connectivity index (χ0) is 35.0. The van der Waals surface area contributed by atoms with Crippen LogP contribution < -0.4 is 0 Å². The average Bonchev–Trinajstić information content (AvgIpc) is 3.09. The molecule has 280 valence electrons. The highest BCUT2D eigenvalue weighted by Gasteiger charge is 2.16. The Bertz CT molecular complexity index is 771. The summed E-state index contributed by atoms with van der Waals surface area (Å²) < 4.78 is 10.6. The number of aliphatic hydroxyl groups excluding tert-OH is 1. The highest BCUT2D eigenvalue weighted by atomic mass is 16.6. The van der Waals surface area contributed by atoms with E-state index >= 15 is 0 Å². The van der Waals surface area contributed by atoms with Gasteiger partial charge < -0.3 is 14.6 Å². The number of ether oxygens (including phenoxy) is 2. The van der Waals surface area contributed by atoms with Gasteiger partial charge in [-0.2, -0.15) is 0 Å². The maximum atomic E-state index is 12.2. The molecule has 1 atom stereocenters. The van der Waals surface area contributed by atoms with Crippen molar-refractivity contribution < 1.29 is 24.2 Å². The van der Waals surface area contributed by atoms with Crippen molar-refractivity contribution >= 4 is 11.9 Å². The van der Waals surface area contributed by atoms with Crippen molar-refractivity contribution in [3.8, 4) is 0 Å². The molecule has 0 amide bonds. The summed E-state index contributed by atoms with van der Waals surface area (Å²) in [6, 6.07) is 0. The molecule has 0 aliphatic heterocycles. The van der Waals surface area contributed by atoms with Gasteiger partial charge in [0.1, 0.15) is 6.61 Å². The zero-order valence-electron chi connectivity index (χ0n) is 31.7. The number of unbranched alkanes of at least 4 members (excludes halogenated alkanes) is 23. The molecule has 5 heteroatoms. The Morgan fingerprint density at radius 3 is 1.29 bits per heavy atom. The minimum absolute atomic E-state index is 0.0748. The Morgan fingerprint density at radius 1 is 0.479 bits per heavy atom. The predicted octanol–water partition coefficient (Wildman–Crippen LogP) is 12.8. The SMILES string of the molecule is CCCCC/C=C\C/C=C\C/C=C\CCCCCCC(=O)OC[C@H](CO)OC(=O)CCCCCCCCCCCCCCCCCCC. The van der Waals surface area contributed by atoms with E-state index < -0.39 is 6.10 Å². The smallest absolute Gasteiger partial charge is 0.306 e. The van der Waals surface area contributed by atoms with E-state index in [1.807, 2.05) is 0 Å². The van der Waals surface area contributed by atoms with Gasteiger partial charge in [0, 0.05) is 12.8 Å². The molecule has 0 saturated carbocycles. The van der Waals surface area contributed by atoms with Gasteiger partial charge in [-0.3, -0.25) is 9.59 Å². The maximum Gasteiger partial charge on any atom is 0.306 e. The Hall–Kier alpha value is -1.88. The van der Waals surface area contributed by atoms with Crippen LogP contribution in [0, 0.1) is 0 Å². The van der Waals surface area contributed by atoms with Gasteiger partial charge >= 0.3 is 11.9 Å². The molecule has 0 unspecified atom stereocenters. The van der Waals surface area contributed by atoms with Gasteiger partial charge in [0.05, 0.1) is 6.61 Å². The van der Waals surface area contributed by atoms with E-state index in [0.717, 1.165) is 64.2 Å². The first-order valence-corrected chi connectivity index (χ1v) is 20.5. The highest BCUT2D eigenvalue weighted by molar-refractivity contribution is 5.70. The van der Waals surface area contributed by atoms with Gasteiger partial charge in [0.25, 0.3) is 0 Å². The fraction of sp³-hybridized carbons (Fsp3) is 0.814. The van der Waals surface area contributed by atoms with Crippen LogP contribution in [0.1, 0.15) is 206 Å². The van der Waals surface area contributed by atoms with Crippen LogP contribution in [0.2, 0.25) is 0 Å². The molecule has 0 radical (unpaired) electrons. The Labute approximate surface area is 297 Å². The minimum Gasteiger partial charge on any atom is -0.462 e. The largest absolute Gasteiger partial charge is 0.462 e. The number of rotatable bonds is 37. The van der Waals surface area contributed by atoms with E-state index in [1.54, 1.807) is 0 Å². The van der Waals surface area contributed by atoms with Crippen molar-refractivity contribution in [2.75, 3.05) is 13.2 Å². The number of hydrogen-bond donors (Lipinski definition) is 1. The third-order valence-electron chi connectivity index (χ3n) is 8.94. The van der Waals surface area contributed by atoms with Crippen LogP contribution in [0.3, 0.4) is 0 Å². The van der Waals surface area contributed by atoms with Crippen LogP contribution in [0.5, 0.6) is 0 Å². The summed E-state index contributed by atoms with van der Waals surface area (Å²) in [5.74, 6) is -0.610. The first-order valence-electron chi connectivity index (χ1n) is 20.5. The second-order valence-corrected chi connectivity index (χ2v) is 13.7. The van der Waals surface area contributed by atoms with E-state index in [4.69, 9.17) is 9.47 Å². The maximum absolute atomic E-state index is 12.2. The van der Waals surface area contributed by atoms with Crippen LogP contribution in [-0.4, -0.2) is 36.4 Å². The lowest BCUT2D eigenvalue weighted by molar-refractivity contribution is -0.161. The summed E-state index contributed by atoms with van der Waals surface area (Å²) in [5, 5.41) is 9.56. The number of esters is 2. The molecular weight excluding hydrogens is 596 g/mol. The fourth-order valence-electron chi connectivity index (χ4n) is 5.80. The topological polar surface area (TPSA) is 72.8 Å². The van der Waals surface area contributed by atoms with Gasteiger partial charge in [-0.25, -0.2) is 0 Å². The molecule has 0 aromatic heterocycles. The third-order valence-corrected chi connectivity index (χ3v) is 8.94. The molecule has 0 spiro atoms. The minimum atomic E-state index is -0.777. The molecule has 0 heterocycles. The Morgan fingerprint density at radius 2 is 0.833 bits per heavy atom. The summed E-state index contributed by atoms with van der Waals surface area (Å²) in [4.78, 5) is 24.3. The first-order chi connectivity index (χ1) is 23.6. The predicted molar refractivity (Wildman–Crippen MR) is 205 cm³/mol. The van der Waals surface area contributed by atoms with Crippen LogP contribution in [0.25, 0.3) is 0 Å². The molecule has 0 aliphatic rings. The van der Waals surface area contributed by atoms with Crippen molar-refractivity contribution in [1.29, 1.82) is 0 Å². The number of aliphatic hydroxyl groups is 1. The number of carbonyl (C=O) groups excluding carboxylic acids is 2. The average molecular weight is 675 g/mol. The monoisotopic (exact) mass is 675 g/mol. The van der Waals surface area contributed by atoms with Crippen LogP contribution in [0.15, 0.2) is 36.5 Å². The quantitative estimate of drug-likeness (QED) is 0.0403. The summed E-state index contributed by atoms with van der Waals surface area (Å²) in [7, 11) is 0. The van der Waals surface area contributed by atoms with E-state index in [0.29, 0.717) is 12.8 Å². The number of hydrogen-bond acceptors (Lipinski definition) is 5. The number of carbonyl (C=O) groups is 2. The molecule has 0 aromatic carbocycles. The van der Waals surface area contributed by atoms with Crippen molar-refractivity contribution in [3.05, 3.63) is 36.5 Å². The third kappa shape index (κ3) is 36.9. The van der Waals surface area contributed by atoms with Crippen molar-refractivity contribution in [2.45, 2.75) is 213 Å². The molecule has 0 fully saturated rings. The normalized spacial score (nSPS) is 12.5. The Kier molecular flexibility index (Phi) is 38.0. The molecule has 0 bridgehead atoms.